The second kappa shape index (κ2) is 8.93. The van der Waals surface area contributed by atoms with Crippen LogP contribution in [0.3, 0.4) is 0 Å². The summed E-state index contributed by atoms with van der Waals surface area (Å²) in [4.78, 5) is 7.23. The highest BCUT2D eigenvalue weighted by molar-refractivity contribution is 7.12. The van der Waals surface area contributed by atoms with Crippen molar-refractivity contribution in [1.29, 1.82) is 0 Å². The maximum absolute atomic E-state index is 6.03. The van der Waals surface area contributed by atoms with Gasteiger partial charge in [0.1, 0.15) is 0 Å². The van der Waals surface area contributed by atoms with Crippen LogP contribution in [0.1, 0.15) is 37.1 Å². The Balaban J connectivity index is 1.45. The molecule has 2 aromatic carbocycles. The third kappa shape index (κ3) is 3.98. The molecule has 0 unspecified atom stereocenters. The van der Waals surface area contributed by atoms with E-state index in [-0.39, 0.29) is 0 Å². The van der Waals surface area contributed by atoms with Crippen LogP contribution < -0.4 is 4.90 Å². The molecule has 0 N–H and O–H groups in total. The number of rotatable bonds is 6. The first-order valence-corrected chi connectivity index (χ1v) is 12.3. The number of hydrogen-bond acceptors (Lipinski definition) is 4. The Morgan fingerprint density at radius 1 is 1.03 bits per heavy atom. The van der Waals surface area contributed by atoms with Crippen molar-refractivity contribution in [2.45, 2.75) is 26.7 Å². The van der Waals surface area contributed by atoms with E-state index in [2.05, 4.69) is 59.6 Å². The van der Waals surface area contributed by atoms with Gasteiger partial charge in [-0.1, -0.05) is 35.9 Å². The van der Waals surface area contributed by atoms with Crippen molar-refractivity contribution in [3.63, 3.8) is 0 Å². The molecular formula is C26H25ClN4S. The van der Waals surface area contributed by atoms with E-state index in [0.717, 1.165) is 47.3 Å². The topological polar surface area (TPSA) is 34.0 Å². The summed E-state index contributed by atoms with van der Waals surface area (Å²) in [7, 11) is 0. The van der Waals surface area contributed by atoms with Gasteiger partial charge in [0, 0.05) is 34.7 Å². The van der Waals surface area contributed by atoms with E-state index in [0.29, 0.717) is 0 Å². The molecular weight excluding hydrogens is 436 g/mol. The van der Waals surface area contributed by atoms with Crippen LogP contribution in [0.4, 0.5) is 5.69 Å². The number of hydrogen-bond donors (Lipinski definition) is 0. The predicted molar refractivity (Wildman–Crippen MR) is 136 cm³/mol. The zero-order valence-electron chi connectivity index (χ0n) is 18.3. The van der Waals surface area contributed by atoms with Crippen LogP contribution in [-0.2, 0) is 6.42 Å². The fourth-order valence-electron chi connectivity index (χ4n) is 4.27. The average Bonchev–Trinajstić information content (AvgIpc) is 3.54. The number of benzene rings is 2. The standard InChI is InChI=1S/C26H25ClN4S/c1-3-30(4-2)23-13-5-18(6-14-23)15-20-7-8-21-16-28-31(25(20)21)26-29-24(17-32-26)19-9-11-22(27)12-10-19/h5-6,9-17H,3-4,7-8H2,1-2H3. The van der Waals surface area contributed by atoms with E-state index < -0.39 is 0 Å². The van der Waals surface area contributed by atoms with Crippen molar-refractivity contribution in [3.8, 4) is 16.4 Å². The Labute approximate surface area is 197 Å². The zero-order chi connectivity index (χ0) is 22.1. The molecule has 0 amide bonds. The summed E-state index contributed by atoms with van der Waals surface area (Å²) in [5.74, 6) is 0. The van der Waals surface area contributed by atoms with Gasteiger partial charge in [-0.05, 0) is 73.7 Å². The van der Waals surface area contributed by atoms with Gasteiger partial charge in [-0.15, -0.1) is 11.3 Å². The molecule has 2 heterocycles. The summed E-state index contributed by atoms with van der Waals surface area (Å²) < 4.78 is 2.00. The summed E-state index contributed by atoms with van der Waals surface area (Å²) in [6.45, 7) is 6.42. The third-order valence-corrected chi connectivity index (χ3v) is 7.06. The van der Waals surface area contributed by atoms with Crippen molar-refractivity contribution in [2.24, 2.45) is 0 Å². The minimum absolute atomic E-state index is 0.731. The molecule has 4 aromatic rings. The molecule has 6 heteroatoms. The van der Waals surface area contributed by atoms with E-state index in [9.17, 15) is 0 Å². The second-order valence-electron chi connectivity index (χ2n) is 7.89. The third-order valence-electron chi connectivity index (χ3n) is 5.99. The molecule has 0 fully saturated rings. The van der Waals surface area contributed by atoms with Crippen LogP contribution in [-0.4, -0.2) is 27.9 Å². The smallest absolute Gasteiger partial charge is 0.211 e. The first-order chi connectivity index (χ1) is 15.7. The number of aromatic nitrogens is 3. The van der Waals surface area contributed by atoms with E-state index in [1.165, 1.54) is 28.1 Å². The molecule has 32 heavy (non-hydrogen) atoms. The Morgan fingerprint density at radius 3 is 2.50 bits per heavy atom. The quantitative estimate of drug-likeness (QED) is 0.311. The van der Waals surface area contributed by atoms with Crippen molar-refractivity contribution in [2.75, 3.05) is 18.0 Å². The van der Waals surface area contributed by atoms with Gasteiger partial charge in [0.2, 0.25) is 5.13 Å². The summed E-state index contributed by atoms with van der Waals surface area (Å²) in [6.07, 6.45) is 6.33. The van der Waals surface area contributed by atoms with Crippen molar-refractivity contribution < 1.29 is 0 Å². The van der Waals surface area contributed by atoms with Crippen molar-refractivity contribution in [3.05, 3.63) is 82.0 Å². The number of anilines is 1. The van der Waals surface area contributed by atoms with Crippen LogP contribution in [0.2, 0.25) is 5.02 Å². The first-order valence-electron chi connectivity index (χ1n) is 11.0. The van der Waals surface area contributed by atoms with E-state index in [1.807, 2.05) is 35.1 Å². The Kier molecular flexibility index (Phi) is 5.85. The summed E-state index contributed by atoms with van der Waals surface area (Å²) in [6, 6.07) is 16.6. The maximum Gasteiger partial charge on any atom is 0.211 e. The number of allylic oxidation sites excluding steroid dienone is 1. The van der Waals surface area contributed by atoms with Crippen LogP contribution >= 0.6 is 22.9 Å². The summed E-state index contributed by atoms with van der Waals surface area (Å²) in [5, 5.41) is 8.38. The molecule has 0 saturated heterocycles. The molecule has 2 aromatic heterocycles. The normalized spacial score (nSPS) is 14.2. The van der Waals surface area contributed by atoms with Gasteiger partial charge in [0.05, 0.1) is 17.6 Å². The predicted octanol–water partition coefficient (Wildman–Crippen LogP) is 6.98. The molecule has 0 saturated carbocycles. The molecule has 1 aliphatic carbocycles. The highest BCUT2D eigenvalue weighted by atomic mass is 35.5. The Bertz CT molecular complexity index is 1250. The number of thiazole rings is 1. The van der Waals surface area contributed by atoms with Crippen LogP contribution in [0.15, 0.2) is 60.1 Å². The lowest BCUT2D eigenvalue weighted by Crippen LogP contribution is -2.21. The highest BCUT2D eigenvalue weighted by Gasteiger charge is 2.24. The van der Waals surface area contributed by atoms with E-state index >= 15 is 0 Å². The summed E-state index contributed by atoms with van der Waals surface area (Å²) in [5.41, 5.74) is 8.29. The minimum Gasteiger partial charge on any atom is -0.372 e. The maximum atomic E-state index is 6.03. The fraction of sp³-hybridized carbons (Fsp3) is 0.231. The largest absolute Gasteiger partial charge is 0.372 e. The van der Waals surface area contributed by atoms with Crippen LogP contribution in [0, 0.1) is 0 Å². The van der Waals surface area contributed by atoms with Crippen LogP contribution in [0.5, 0.6) is 0 Å². The minimum atomic E-state index is 0.731. The number of fused-ring (bicyclic) bond motifs is 1. The molecule has 0 radical (unpaired) electrons. The number of nitrogens with zero attached hydrogens (tertiary/aromatic N) is 4. The second-order valence-corrected chi connectivity index (χ2v) is 9.16. The van der Waals surface area contributed by atoms with E-state index in [1.54, 1.807) is 11.3 Å². The van der Waals surface area contributed by atoms with Gasteiger partial charge in [-0.2, -0.15) is 5.10 Å². The molecule has 162 valence electrons. The lowest BCUT2D eigenvalue weighted by Gasteiger charge is -2.20. The van der Waals surface area contributed by atoms with Crippen molar-refractivity contribution in [1.82, 2.24) is 14.8 Å². The van der Waals surface area contributed by atoms with Gasteiger partial charge in [-0.25, -0.2) is 9.67 Å². The first kappa shape index (κ1) is 21.0. The lowest BCUT2D eigenvalue weighted by atomic mass is 10.1. The molecule has 1 aliphatic rings. The zero-order valence-corrected chi connectivity index (χ0v) is 19.8. The average molecular weight is 461 g/mol. The monoisotopic (exact) mass is 460 g/mol. The van der Waals surface area contributed by atoms with Gasteiger partial charge in [0.15, 0.2) is 0 Å². The SMILES string of the molecule is CCN(CC)c1ccc(C=C2CCc3cnn(-c4nc(-c5ccc(Cl)cc5)cs4)c32)cc1. The van der Waals surface area contributed by atoms with Gasteiger partial charge < -0.3 is 4.90 Å². The van der Waals surface area contributed by atoms with Crippen molar-refractivity contribution >= 4 is 40.3 Å². The molecule has 0 aliphatic heterocycles. The Morgan fingerprint density at radius 2 is 1.78 bits per heavy atom. The fourth-order valence-corrected chi connectivity index (χ4v) is 5.19. The van der Waals surface area contributed by atoms with Gasteiger partial charge >= 0.3 is 0 Å². The van der Waals surface area contributed by atoms with Gasteiger partial charge in [0.25, 0.3) is 0 Å². The number of halogens is 1. The van der Waals surface area contributed by atoms with Crippen LogP contribution in [0.25, 0.3) is 28.0 Å². The molecule has 0 atom stereocenters. The molecule has 4 nitrogen and oxygen atoms in total. The molecule has 0 spiro atoms. The number of aryl methyl sites for hydroxylation is 1. The van der Waals surface area contributed by atoms with Gasteiger partial charge in [-0.3, -0.25) is 0 Å². The van der Waals surface area contributed by atoms with E-state index in [4.69, 9.17) is 16.6 Å². The highest BCUT2D eigenvalue weighted by Crippen LogP contribution is 2.36. The lowest BCUT2D eigenvalue weighted by molar-refractivity contribution is 0.855. The molecule has 5 rings (SSSR count). The Hall–Kier alpha value is -2.89. The summed E-state index contributed by atoms with van der Waals surface area (Å²) >= 11 is 7.64. The molecule has 0 bridgehead atoms.